The lowest BCUT2D eigenvalue weighted by molar-refractivity contribution is 0.119. The molecule has 0 bridgehead atoms. The van der Waals surface area contributed by atoms with Gasteiger partial charge in [-0.05, 0) is 41.5 Å². The van der Waals surface area contributed by atoms with Crippen LogP contribution < -0.4 is 0 Å². The lowest BCUT2D eigenvalue weighted by Crippen LogP contribution is -2.18. The highest BCUT2D eigenvalue weighted by molar-refractivity contribution is 5.83. The summed E-state index contributed by atoms with van der Waals surface area (Å²) in [6.45, 7) is 0. The molecule has 0 aliphatic heterocycles. The van der Waals surface area contributed by atoms with E-state index in [1.54, 1.807) is 0 Å². The van der Waals surface area contributed by atoms with E-state index in [0.717, 1.165) is 19.3 Å². The second-order valence-electron chi connectivity index (χ2n) is 5.12. The number of rotatable bonds is 1. The normalized spacial score (nSPS) is 25.0. The summed E-state index contributed by atoms with van der Waals surface area (Å²) in [5.41, 5.74) is 1.39. The highest BCUT2D eigenvalue weighted by Crippen LogP contribution is 2.34. The van der Waals surface area contributed by atoms with E-state index < -0.39 is 0 Å². The van der Waals surface area contributed by atoms with Crippen molar-refractivity contribution >= 4 is 10.8 Å². The summed E-state index contributed by atoms with van der Waals surface area (Å²) in [5, 5.41) is 12.4. The first-order valence-electron chi connectivity index (χ1n) is 6.50. The summed E-state index contributed by atoms with van der Waals surface area (Å²) in [6.07, 6.45) is 4.18. The molecule has 1 heteroatoms. The van der Waals surface area contributed by atoms with E-state index in [4.69, 9.17) is 0 Å². The molecule has 1 N–H and O–H groups in total. The second kappa shape index (κ2) is 4.50. The van der Waals surface area contributed by atoms with Crippen LogP contribution in [0.1, 0.15) is 37.2 Å². The summed E-state index contributed by atoms with van der Waals surface area (Å²) in [5.74, 6) is 0.545. The van der Waals surface area contributed by atoms with E-state index in [2.05, 4.69) is 42.5 Å². The molecule has 0 heterocycles. The van der Waals surface area contributed by atoms with Crippen molar-refractivity contribution in [3.05, 3.63) is 48.0 Å². The van der Waals surface area contributed by atoms with E-state index >= 15 is 0 Å². The molecule has 2 aromatic carbocycles. The van der Waals surface area contributed by atoms with Gasteiger partial charge in [-0.3, -0.25) is 0 Å². The van der Waals surface area contributed by atoms with Crippen molar-refractivity contribution in [3.63, 3.8) is 0 Å². The van der Waals surface area contributed by atoms with Gasteiger partial charge in [0.1, 0.15) is 0 Å². The van der Waals surface area contributed by atoms with Crippen LogP contribution in [0.3, 0.4) is 0 Å². The van der Waals surface area contributed by atoms with Crippen LogP contribution in [0.4, 0.5) is 0 Å². The third-order valence-electron chi connectivity index (χ3n) is 3.89. The van der Waals surface area contributed by atoms with E-state index in [0.29, 0.717) is 5.92 Å². The SMILES string of the molecule is OC1CCCC(c2ccc3ccccc3c2)C1. The van der Waals surface area contributed by atoms with Crippen molar-refractivity contribution in [2.45, 2.75) is 37.7 Å². The van der Waals surface area contributed by atoms with Gasteiger partial charge in [-0.2, -0.15) is 0 Å². The molecule has 0 spiro atoms. The minimum Gasteiger partial charge on any atom is -0.393 e. The monoisotopic (exact) mass is 226 g/mol. The van der Waals surface area contributed by atoms with Crippen LogP contribution in [0.5, 0.6) is 0 Å². The fourth-order valence-electron chi connectivity index (χ4n) is 2.93. The molecule has 1 nitrogen and oxygen atoms in total. The maximum atomic E-state index is 9.75. The Labute approximate surface area is 102 Å². The van der Waals surface area contributed by atoms with Crippen LogP contribution in [-0.2, 0) is 0 Å². The number of benzene rings is 2. The van der Waals surface area contributed by atoms with Crippen LogP contribution >= 0.6 is 0 Å². The van der Waals surface area contributed by atoms with Crippen LogP contribution in [0.2, 0.25) is 0 Å². The lowest BCUT2D eigenvalue weighted by Gasteiger charge is -2.26. The average molecular weight is 226 g/mol. The fraction of sp³-hybridized carbons (Fsp3) is 0.375. The molecule has 2 unspecified atom stereocenters. The maximum absolute atomic E-state index is 9.75. The Bertz CT molecular complexity index is 518. The van der Waals surface area contributed by atoms with Crippen molar-refractivity contribution in [1.82, 2.24) is 0 Å². The van der Waals surface area contributed by atoms with Gasteiger partial charge in [0.05, 0.1) is 6.10 Å². The number of hydrogen-bond donors (Lipinski definition) is 1. The van der Waals surface area contributed by atoms with Crippen molar-refractivity contribution in [3.8, 4) is 0 Å². The molecule has 1 aliphatic carbocycles. The van der Waals surface area contributed by atoms with E-state index in [1.165, 1.54) is 22.8 Å². The third kappa shape index (κ3) is 2.20. The maximum Gasteiger partial charge on any atom is 0.0546 e. The Balaban J connectivity index is 1.94. The van der Waals surface area contributed by atoms with Gasteiger partial charge in [0, 0.05) is 0 Å². The van der Waals surface area contributed by atoms with Gasteiger partial charge < -0.3 is 5.11 Å². The lowest BCUT2D eigenvalue weighted by atomic mass is 9.82. The molecule has 0 aromatic heterocycles. The average Bonchev–Trinajstić information content (AvgIpc) is 2.38. The molecule has 2 atom stereocenters. The predicted octanol–water partition coefficient (Wildman–Crippen LogP) is 3.86. The van der Waals surface area contributed by atoms with E-state index in [1.807, 2.05) is 0 Å². The Morgan fingerprint density at radius 1 is 0.941 bits per heavy atom. The second-order valence-corrected chi connectivity index (χ2v) is 5.12. The van der Waals surface area contributed by atoms with Gasteiger partial charge >= 0.3 is 0 Å². The molecule has 2 aromatic rings. The summed E-state index contributed by atoms with van der Waals surface area (Å²) in [7, 11) is 0. The van der Waals surface area contributed by atoms with Crippen LogP contribution in [0.25, 0.3) is 10.8 Å². The van der Waals surface area contributed by atoms with Gasteiger partial charge in [-0.25, -0.2) is 0 Å². The molecular weight excluding hydrogens is 208 g/mol. The van der Waals surface area contributed by atoms with Crippen molar-refractivity contribution in [2.75, 3.05) is 0 Å². The first kappa shape index (κ1) is 10.8. The minimum atomic E-state index is -0.0970. The number of aliphatic hydroxyl groups excluding tert-OH is 1. The third-order valence-corrected chi connectivity index (χ3v) is 3.89. The predicted molar refractivity (Wildman–Crippen MR) is 71.2 cm³/mol. The van der Waals surface area contributed by atoms with Gasteiger partial charge in [0.25, 0.3) is 0 Å². The smallest absolute Gasteiger partial charge is 0.0546 e. The molecule has 0 saturated heterocycles. The first-order chi connectivity index (χ1) is 8.33. The quantitative estimate of drug-likeness (QED) is 0.783. The van der Waals surface area contributed by atoms with Crippen molar-refractivity contribution in [1.29, 1.82) is 0 Å². The summed E-state index contributed by atoms with van der Waals surface area (Å²) >= 11 is 0. The first-order valence-corrected chi connectivity index (χ1v) is 6.50. The standard InChI is InChI=1S/C16H18O/c17-16-7-3-6-14(11-16)15-9-8-12-4-1-2-5-13(12)10-15/h1-2,4-5,8-10,14,16-17H,3,6-7,11H2. The molecule has 3 rings (SSSR count). The highest BCUT2D eigenvalue weighted by Gasteiger charge is 2.21. The Hall–Kier alpha value is -1.34. The summed E-state index contributed by atoms with van der Waals surface area (Å²) in [4.78, 5) is 0. The van der Waals surface area contributed by atoms with Crippen LogP contribution in [0, 0.1) is 0 Å². The Kier molecular flexibility index (Phi) is 2.86. The molecule has 1 aliphatic rings. The van der Waals surface area contributed by atoms with Gasteiger partial charge in [-0.1, -0.05) is 48.9 Å². The minimum absolute atomic E-state index is 0.0970. The molecule has 17 heavy (non-hydrogen) atoms. The Morgan fingerprint density at radius 2 is 1.76 bits per heavy atom. The fourth-order valence-corrected chi connectivity index (χ4v) is 2.93. The summed E-state index contributed by atoms with van der Waals surface area (Å²) in [6, 6.07) is 15.2. The van der Waals surface area contributed by atoms with Crippen LogP contribution in [-0.4, -0.2) is 11.2 Å². The topological polar surface area (TPSA) is 20.2 Å². The zero-order chi connectivity index (χ0) is 11.7. The summed E-state index contributed by atoms with van der Waals surface area (Å²) < 4.78 is 0. The van der Waals surface area contributed by atoms with Crippen molar-refractivity contribution in [2.24, 2.45) is 0 Å². The van der Waals surface area contributed by atoms with E-state index in [-0.39, 0.29) is 6.10 Å². The molecule has 88 valence electrons. The molecular formula is C16H18O. The zero-order valence-corrected chi connectivity index (χ0v) is 9.97. The number of aliphatic hydroxyl groups is 1. The number of fused-ring (bicyclic) bond motifs is 1. The Morgan fingerprint density at radius 3 is 2.59 bits per heavy atom. The largest absolute Gasteiger partial charge is 0.393 e. The van der Waals surface area contributed by atoms with E-state index in [9.17, 15) is 5.11 Å². The van der Waals surface area contributed by atoms with Crippen molar-refractivity contribution < 1.29 is 5.11 Å². The van der Waals surface area contributed by atoms with Crippen LogP contribution in [0.15, 0.2) is 42.5 Å². The van der Waals surface area contributed by atoms with Gasteiger partial charge in [0.2, 0.25) is 0 Å². The molecule has 1 fully saturated rings. The highest BCUT2D eigenvalue weighted by atomic mass is 16.3. The molecule has 1 saturated carbocycles. The molecule has 0 radical (unpaired) electrons. The van der Waals surface area contributed by atoms with Gasteiger partial charge in [-0.15, -0.1) is 0 Å². The molecule has 0 amide bonds. The number of hydrogen-bond acceptors (Lipinski definition) is 1. The zero-order valence-electron chi connectivity index (χ0n) is 9.97. The van der Waals surface area contributed by atoms with Gasteiger partial charge in [0.15, 0.2) is 0 Å².